The second-order valence-electron chi connectivity index (χ2n) is 4.78. The normalized spacial score (nSPS) is 11.8. The van der Waals surface area contributed by atoms with E-state index in [0.717, 1.165) is 0 Å². The number of aliphatic carboxylic acids is 1. The summed E-state index contributed by atoms with van der Waals surface area (Å²) in [5.74, 6) is -1.40. The van der Waals surface area contributed by atoms with E-state index in [2.05, 4.69) is 16.0 Å². The highest BCUT2D eigenvalue weighted by molar-refractivity contribution is 5.76. The van der Waals surface area contributed by atoms with Crippen LogP contribution in [0.3, 0.4) is 0 Å². The molecule has 3 amide bonds. The molecule has 0 bridgehead atoms. The van der Waals surface area contributed by atoms with Gasteiger partial charge < -0.3 is 21.1 Å². The number of carboxylic acids is 1. The first-order chi connectivity index (χ1) is 8.82. The van der Waals surface area contributed by atoms with E-state index in [9.17, 15) is 14.4 Å². The molecule has 0 aliphatic rings. The van der Waals surface area contributed by atoms with Crippen LogP contribution in [-0.2, 0) is 9.59 Å². The minimum Gasteiger partial charge on any atom is -0.481 e. The van der Waals surface area contributed by atoms with Crippen LogP contribution in [-0.4, -0.2) is 42.6 Å². The van der Waals surface area contributed by atoms with E-state index < -0.39 is 17.9 Å². The van der Waals surface area contributed by atoms with Crippen LogP contribution in [0.5, 0.6) is 0 Å². The van der Waals surface area contributed by atoms with Gasteiger partial charge in [-0.05, 0) is 12.3 Å². The fourth-order valence-electron chi connectivity index (χ4n) is 1.53. The molecule has 1 unspecified atom stereocenters. The molecule has 19 heavy (non-hydrogen) atoms. The molecule has 1 atom stereocenters. The number of carboxylic acid groups (broad SMARTS) is 1. The summed E-state index contributed by atoms with van der Waals surface area (Å²) in [6.45, 7) is 6.00. The number of hydrogen-bond acceptors (Lipinski definition) is 3. The molecule has 0 aliphatic heterocycles. The maximum Gasteiger partial charge on any atom is 0.314 e. The summed E-state index contributed by atoms with van der Waals surface area (Å²) in [5.41, 5.74) is 0. The monoisotopic (exact) mass is 273 g/mol. The average Bonchev–Trinajstić information content (AvgIpc) is 2.29. The number of nitrogens with one attached hydrogen (secondary N) is 3. The molecule has 0 rings (SSSR count). The van der Waals surface area contributed by atoms with Crippen LogP contribution >= 0.6 is 0 Å². The summed E-state index contributed by atoms with van der Waals surface area (Å²) in [5, 5.41) is 16.6. The first kappa shape index (κ1) is 17.2. The first-order valence-electron chi connectivity index (χ1n) is 6.31. The van der Waals surface area contributed by atoms with Crippen molar-refractivity contribution in [2.24, 2.45) is 11.8 Å². The molecule has 110 valence electrons. The van der Waals surface area contributed by atoms with Gasteiger partial charge >= 0.3 is 12.0 Å². The van der Waals surface area contributed by atoms with Crippen molar-refractivity contribution in [1.82, 2.24) is 16.0 Å². The highest BCUT2D eigenvalue weighted by atomic mass is 16.4. The van der Waals surface area contributed by atoms with Gasteiger partial charge in [0.2, 0.25) is 5.91 Å². The molecular formula is C12H23N3O4. The number of carbonyl (C=O) groups excluding carboxylic acids is 2. The van der Waals surface area contributed by atoms with E-state index in [-0.39, 0.29) is 18.4 Å². The molecular weight excluding hydrogens is 250 g/mol. The van der Waals surface area contributed by atoms with Gasteiger partial charge in [-0.3, -0.25) is 9.59 Å². The van der Waals surface area contributed by atoms with Crippen LogP contribution in [0.25, 0.3) is 0 Å². The third kappa shape index (κ3) is 9.87. The molecule has 0 radical (unpaired) electrons. The van der Waals surface area contributed by atoms with Crippen LogP contribution in [0, 0.1) is 11.8 Å². The van der Waals surface area contributed by atoms with Crippen molar-refractivity contribution in [3.05, 3.63) is 0 Å². The molecule has 0 heterocycles. The predicted octanol–water partition coefficient (Wildman–Crippen LogP) is 0.169. The Labute approximate surface area is 113 Å². The quantitative estimate of drug-likeness (QED) is 0.473. The van der Waals surface area contributed by atoms with E-state index in [4.69, 9.17) is 5.11 Å². The molecule has 0 fully saturated rings. The number of carbonyl (C=O) groups is 3. The lowest BCUT2D eigenvalue weighted by Crippen LogP contribution is -2.42. The van der Waals surface area contributed by atoms with Gasteiger partial charge in [0.1, 0.15) is 0 Å². The lowest BCUT2D eigenvalue weighted by molar-refractivity contribution is -0.142. The van der Waals surface area contributed by atoms with Gasteiger partial charge in [-0.15, -0.1) is 0 Å². The highest BCUT2D eigenvalue weighted by Gasteiger charge is 2.19. The molecule has 0 aromatic heterocycles. The van der Waals surface area contributed by atoms with Crippen LogP contribution in [0.2, 0.25) is 0 Å². The lowest BCUT2D eigenvalue weighted by Gasteiger charge is -2.15. The Kier molecular flexibility index (Phi) is 8.32. The van der Waals surface area contributed by atoms with Crippen LogP contribution in [0.4, 0.5) is 4.79 Å². The summed E-state index contributed by atoms with van der Waals surface area (Å²) >= 11 is 0. The maximum atomic E-state index is 11.4. The Bertz CT molecular complexity index is 318. The molecule has 7 nitrogen and oxygen atoms in total. The molecule has 7 heteroatoms. The fraction of sp³-hybridized carbons (Fsp3) is 0.750. The number of rotatable bonds is 8. The lowest BCUT2D eigenvalue weighted by atomic mass is 9.97. The van der Waals surface area contributed by atoms with Gasteiger partial charge in [-0.2, -0.15) is 0 Å². The first-order valence-corrected chi connectivity index (χ1v) is 6.31. The Morgan fingerprint density at radius 1 is 1.05 bits per heavy atom. The van der Waals surface area contributed by atoms with Gasteiger partial charge in [-0.25, -0.2) is 4.79 Å². The topological polar surface area (TPSA) is 108 Å². The van der Waals surface area contributed by atoms with E-state index in [1.807, 2.05) is 13.8 Å². The van der Waals surface area contributed by atoms with Gasteiger partial charge in [0, 0.05) is 26.6 Å². The summed E-state index contributed by atoms with van der Waals surface area (Å²) in [4.78, 5) is 32.9. The molecule has 0 aliphatic carbocycles. The standard InChI is InChI=1S/C12H23N3O4/c1-8(2)6-10(11(17)18)7-15-12(19)14-5-4-13-9(3)16/h8,10H,4-7H2,1-3H3,(H,13,16)(H,17,18)(H2,14,15,19). The Morgan fingerprint density at radius 3 is 2.11 bits per heavy atom. The van der Waals surface area contributed by atoms with Crippen molar-refractivity contribution in [2.75, 3.05) is 19.6 Å². The third-order valence-electron chi connectivity index (χ3n) is 2.40. The average molecular weight is 273 g/mol. The van der Waals surface area contributed by atoms with Crippen molar-refractivity contribution in [3.8, 4) is 0 Å². The van der Waals surface area contributed by atoms with E-state index in [1.165, 1.54) is 6.92 Å². The van der Waals surface area contributed by atoms with Crippen molar-refractivity contribution in [2.45, 2.75) is 27.2 Å². The zero-order chi connectivity index (χ0) is 14.8. The minimum absolute atomic E-state index is 0.0967. The smallest absolute Gasteiger partial charge is 0.314 e. The molecule has 4 N–H and O–H groups in total. The second-order valence-corrected chi connectivity index (χ2v) is 4.78. The van der Waals surface area contributed by atoms with Crippen molar-refractivity contribution in [1.29, 1.82) is 0 Å². The van der Waals surface area contributed by atoms with Gasteiger partial charge in [0.15, 0.2) is 0 Å². The molecule has 0 saturated carbocycles. The zero-order valence-electron chi connectivity index (χ0n) is 11.7. The maximum absolute atomic E-state index is 11.4. The van der Waals surface area contributed by atoms with Crippen molar-refractivity contribution in [3.63, 3.8) is 0 Å². The van der Waals surface area contributed by atoms with E-state index >= 15 is 0 Å². The second kappa shape index (κ2) is 9.18. The van der Waals surface area contributed by atoms with Crippen molar-refractivity contribution < 1.29 is 19.5 Å². The summed E-state index contributed by atoms with van der Waals surface area (Å²) in [6.07, 6.45) is 0.515. The molecule has 0 spiro atoms. The minimum atomic E-state index is -0.910. The van der Waals surface area contributed by atoms with E-state index in [0.29, 0.717) is 19.5 Å². The van der Waals surface area contributed by atoms with Gasteiger partial charge in [0.05, 0.1) is 5.92 Å². The predicted molar refractivity (Wildman–Crippen MR) is 70.7 cm³/mol. The largest absolute Gasteiger partial charge is 0.481 e. The summed E-state index contributed by atoms with van der Waals surface area (Å²) in [6, 6.07) is -0.430. The van der Waals surface area contributed by atoms with Crippen LogP contribution < -0.4 is 16.0 Å². The zero-order valence-corrected chi connectivity index (χ0v) is 11.7. The Balaban J connectivity index is 3.85. The number of urea groups is 1. The third-order valence-corrected chi connectivity index (χ3v) is 2.40. The SMILES string of the molecule is CC(=O)NCCNC(=O)NCC(CC(C)C)C(=O)O. The van der Waals surface area contributed by atoms with Gasteiger partial charge in [0.25, 0.3) is 0 Å². The fourth-order valence-corrected chi connectivity index (χ4v) is 1.53. The molecule has 0 aromatic carbocycles. The van der Waals surface area contributed by atoms with Crippen molar-refractivity contribution >= 4 is 17.9 Å². The number of amides is 3. The van der Waals surface area contributed by atoms with E-state index in [1.54, 1.807) is 0 Å². The molecule has 0 saturated heterocycles. The summed E-state index contributed by atoms with van der Waals surface area (Å²) < 4.78 is 0. The Hall–Kier alpha value is -1.79. The Morgan fingerprint density at radius 2 is 1.63 bits per heavy atom. The van der Waals surface area contributed by atoms with Crippen LogP contribution in [0.1, 0.15) is 27.2 Å². The highest BCUT2D eigenvalue weighted by Crippen LogP contribution is 2.10. The number of hydrogen-bond donors (Lipinski definition) is 4. The van der Waals surface area contributed by atoms with Crippen LogP contribution in [0.15, 0.2) is 0 Å². The summed E-state index contributed by atoms with van der Waals surface area (Å²) in [7, 11) is 0. The molecule has 0 aromatic rings. The van der Waals surface area contributed by atoms with Gasteiger partial charge in [-0.1, -0.05) is 13.8 Å².